The second kappa shape index (κ2) is 8.00. The number of benzene rings is 1. The van der Waals surface area contributed by atoms with Gasteiger partial charge >= 0.3 is 6.09 Å². The van der Waals surface area contributed by atoms with Crippen molar-refractivity contribution in [3.63, 3.8) is 0 Å². The Morgan fingerprint density at radius 2 is 1.97 bits per heavy atom. The van der Waals surface area contributed by atoms with Crippen molar-refractivity contribution in [3.05, 3.63) is 46.1 Å². The Kier molecular flexibility index (Phi) is 5.42. The van der Waals surface area contributed by atoms with Crippen LogP contribution in [0, 0.1) is 13.8 Å². The number of quaternary nitrogens is 1. The number of piperazine rings is 1. The lowest BCUT2D eigenvalue weighted by atomic mass is 10.0. The lowest BCUT2D eigenvalue weighted by molar-refractivity contribution is -0.929. The fraction of sp³-hybridized carbons (Fsp3) is 0.450. The molecule has 1 aliphatic rings. The van der Waals surface area contributed by atoms with Crippen molar-refractivity contribution in [2.45, 2.75) is 26.8 Å². The van der Waals surface area contributed by atoms with Crippen molar-refractivity contribution in [2.24, 2.45) is 0 Å². The van der Waals surface area contributed by atoms with Gasteiger partial charge in [-0.25, -0.2) is 9.78 Å². The first kappa shape index (κ1) is 19.7. The van der Waals surface area contributed by atoms with E-state index >= 15 is 0 Å². The summed E-state index contributed by atoms with van der Waals surface area (Å²) in [5.74, 6) is 0.789. The number of ether oxygens (including phenoxy) is 1. The van der Waals surface area contributed by atoms with Crippen LogP contribution in [0.3, 0.4) is 0 Å². The number of hydrogen-bond donors (Lipinski definition) is 2. The first-order valence-corrected chi connectivity index (χ1v) is 10.7. The van der Waals surface area contributed by atoms with Gasteiger partial charge in [0.1, 0.15) is 10.7 Å². The van der Waals surface area contributed by atoms with Crippen LogP contribution in [-0.4, -0.2) is 63.5 Å². The zero-order valence-corrected chi connectivity index (χ0v) is 17.7. The van der Waals surface area contributed by atoms with E-state index < -0.39 is 0 Å². The summed E-state index contributed by atoms with van der Waals surface area (Å²) in [7, 11) is 0. The van der Waals surface area contributed by atoms with Gasteiger partial charge in [-0.2, -0.15) is 4.52 Å². The minimum Gasteiger partial charge on any atom is -0.492 e. The van der Waals surface area contributed by atoms with Crippen LogP contribution in [0.15, 0.2) is 24.3 Å². The number of aromatic nitrogens is 3. The standard InChI is InChI=1S/C20H25N5O3S/c1-4-28-20(27)24-11-9-23(10-12-24)16(15-7-5-13(2)6-8-15)17-18(26)25-19(29-17)21-14(3)22-25/h5-8,16,26H,4,9-12H2,1-3H3/p+1/t16-/m1/s1. The molecule has 8 nitrogen and oxygen atoms in total. The van der Waals surface area contributed by atoms with Crippen molar-refractivity contribution in [3.8, 4) is 5.88 Å². The molecule has 1 aromatic carbocycles. The molecule has 1 aliphatic heterocycles. The molecule has 0 aliphatic carbocycles. The predicted molar refractivity (Wildman–Crippen MR) is 110 cm³/mol. The molecule has 154 valence electrons. The number of nitrogens with one attached hydrogen (secondary N) is 1. The molecule has 1 atom stereocenters. The third kappa shape index (κ3) is 3.79. The number of rotatable bonds is 4. The summed E-state index contributed by atoms with van der Waals surface area (Å²) in [4.78, 5) is 21.1. The van der Waals surface area contributed by atoms with E-state index in [1.807, 2.05) is 13.8 Å². The van der Waals surface area contributed by atoms with Gasteiger partial charge in [0.15, 0.2) is 6.04 Å². The predicted octanol–water partition coefficient (Wildman–Crippen LogP) is 1.56. The molecule has 0 spiro atoms. The van der Waals surface area contributed by atoms with Gasteiger partial charge in [-0.3, -0.25) is 4.90 Å². The normalized spacial score (nSPS) is 16.3. The third-order valence-corrected chi connectivity index (χ3v) is 6.40. The van der Waals surface area contributed by atoms with E-state index in [9.17, 15) is 9.90 Å². The zero-order chi connectivity index (χ0) is 20.5. The first-order valence-electron chi connectivity index (χ1n) is 9.85. The van der Waals surface area contributed by atoms with Gasteiger partial charge in [0, 0.05) is 5.56 Å². The van der Waals surface area contributed by atoms with Crippen LogP contribution in [0.4, 0.5) is 4.79 Å². The number of carbonyl (C=O) groups is 1. The Hall–Kier alpha value is -2.65. The number of carbonyl (C=O) groups excluding carboxylic acids is 1. The highest BCUT2D eigenvalue weighted by molar-refractivity contribution is 7.17. The molecule has 2 aromatic heterocycles. The van der Waals surface area contributed by atoms with Gasteiger partial charge in [0.2, 0.25) is 10.8 Å². The topological polar surface area (TPSA) is 84.4 Å². The molecular weight excluding hydrogens is 390 g/mol. The molecule has 3 aromatic rings. The molecule has 29 heavy (non-hydrogen) atoms. The van der Waals surface area contributed by atoms with Crippen LogP contribution < -0.4 is 4.90 Å². The Labute approximate surface area is 173 Å². The van der Waals surface area contributed by atoms with E-state index in [0.717, 1.165) is 23.5 Å². The van der Waals surface area contributed by atoms with Crippen molar-refractivity contribution in [2.75, 3.05) is 32.8 Å². The molecule has 0 radical (unpaired) electrons. The number of amides is 1. The largest absolute Gasteiger partial charge is 0.492 e. The Balaban J connectivity index is 1.66. The van der Waals surface area contributed by atoms with Crippen molar-refractivity contribution >= 4 is 22.4 Å². The maximum atomic E-state index is 12.1. The quantitative estimate of drug-likeness (QED) is 0.674. The van der Waals surface area contributed by atoms with Gasteiger partial charge in [-0.15, -0.1) is 5.10 Å². The molecule has 1 saturated heterocycles. The lowest BCUT2D eigenvalue weighted by Crippen LogP contribution is -3.15. The molecule has 9 heteroatoms. The maximum absolute atomic E-state index is 12.1. The average molecular weight is 417 g/mol. The number of fused-ring (bicyclic) bond motifs is 1. The molecule has 0 unspecified atom stereocenters. The van der Waals surface area contributed by atoms with Gasteiger partial charge in [-0.05, 0) is 20.8 Å². The monoisotopic (exact) mass is 416 g/mol. The number of nitrogens with zero attached hydrogens (tertiary/aromatic N) is 4. The van der Waals surface area contributed by atoms with E-state index in [-0.39, 0.29) is 18.0 Å². The summed E-state index contributed by atoms with van der Waals surface area (Å²) in [6, 6.07) is 8.37. The summed E-state index contributed by atoms with van der Waals surface area (Å²) in [5.41, 5.74) is 2.32. The van der Waals surface area contributed by atoms with Crippen LogP contribution in [-0.2, 0) is 4.74 Å². The number of hydrogen-bond acceptors (Lipinski definition) is 6. The van der Waals surface area contributed by atoms with E-state index in [1.165, 1.54) is 26.3 Å². The van der Waals surface area contributed by atoms with Gasteiger partial charge in [0.05, 0.1) is 32.8 Å². The smallest absolute Gasteiger partial charge is 0.410 e. The molecule has 0 bridgehead atoms. The minimum absolute atomic E-state index is 0.0475. The number of aryl methyl sites for hydroxylation is 2. The minimum atomic E-state index is -0.254. The molecule has 4 rings (SSSR count). The summed E-state index contributed by atoms with van der Waals surface area (Å²) >= 11 is 1.47. The molecule has 1 fully saturated rings. The van der Waals surface area contributed by atoms with Crippen LogP contribution in [0.2, 0.25) is 0 Å². The maximum Gasteiger partial charge on any atom is 0.410 e. The summed E-state index contributed by atoms with van der Waals surface area (Å²) in [6.45, 7) is 8.86. The fourth-order valence-electron chi connectivity index (χ4n) is 3.85. The first-order chi connectivity index (χ1) is 14.0. The van der Waals surface area contributed by atoms with Crippen LogP contribution in [0.5, 0.6) is 5.88 Å². The number of thiazole rings is 1. The van der Waals surface area contributed by atoms with E-state index in [0.29, 0.717) is 30.5 Å². The van der Waals surface area contributed by atoms with Crippen LogP contribution in [0.1, 0.15) is 34.8 Å². The fourth-order valence-corrected chi connectivity index (χ4v) is 5.03. The SMILES string of the molecule is CCOC(=O)N1CC[NH+]([C@H](c2ccc(C)cc2)c2sc3nc(C)nn3c2O)CC1. The van der Waals surface area contributed by atoms with Crippen LogP contribution in [0.25, 0.3) is 4.96 Å². The van der Waals surface area contributed by atoms with E-state index in [2.05, 4.69) is 41.3 Å². The van der Waals surface area contributed by atoms with Gasteiger partial charge in [0.25, 0.3) is 0 Å². The number of aromatic hydroxyl groups is 1. The van der Waals surface area contributed by atoms with Gasteiger partial charge < -0.3 is 14.7 Å². The van der Waals surface area contributed by atoms with Crippen LogP contribution >= 0.6 is 11.3 Å². The summed E-state index contributed by atoms with van der Waals surface area (Å²) in [6.07, 6.45) is -0.254. The summed E-state index contributed by atoms with van der Waals surface area (Å²) in [5, 5.41) is 15.2. The third-order valence-electron chi connectivity index (χ3n) is 5.32. The zero-order valence-electron chi connectivity index (χ0n) is 16.9. The van der Waals surface area contributed by atoms with E-state index in [1.54, 1.807) is 4.90 Å². The Morgan fingerprint density at radius 3 is 2.59 bits per heavy atom. The molecule has 1 amide bonds. The highest BCUT2D eigenvalue weighted by Gasteiger charge is 2.36. The average Bonchev–Trinajstić information content (AvgIpc) is 3.22. The highest BCUT2D eigenvalue weighted by atomic mass is 32.1. The lowest BCUT2D eigenvalue weighted by Gasteiger charge is -2.35. The van der Waals surface area contributed by atoms with Crippen molar-refractivity contribution < 1.29 is 19.5 Å². The molecule has 0 saturated carbocycles. The van der Waals surface area contributed by atoms with Gasteiger partial charge in [-0.1, -0.05) is 41.2 Å². The molecule has 2 N–H and O–H groups in total. The second-order valence-corrected chi connectivity index (χ2v) is 8.34. The summed E-state index contributed by atoms with van der Waals surface area (Å²) < 4.78 is 6.66. The highest BCUT2D eigenvalue weighted by Crippen LogP contribution is 2.35. The molecular formula is C20H26N5O3S+. The Bertz CT molecular complexity index is 1010. The van der Waals surface area contributed by atoms with E-state index in [4.69, 9.17) is 4.74 Å². The van der Waals surface area contributed by atoms with Crippen molar-refractivity contribution in [1.29, 1.82) is 0 Å². The second-order valence-electron chi connectivity index (χ2n) is 7.33. The Morgan fingerprint density at radius 1 is 1.28 bits per heavy atom. The van der Waals surface area contributed by atoms with Crippen molar-refractivity contribution in [1.82, 2.24) is 19.5 Å². The molecule has 3 heterocycles.